The van der Waals surface area contributed by atoms with Crippen molar-refractivity contribution in [2.45, 2.75) is 16.7 Å². The summed E-state index contributed by atoms with van der Waals surface area (Å²) < 4.78 is 39.0. The van der Waals surface area contributed by atoms with Crippen molar-refractivity contribution in [1.82, 2.24) is 9.36 Å². The van der Waals surface area contributed by atoms with Crippen LogP contribution in [0.4, 0.5) is 0 Å². The van der Waals surface area contributed by atoms with Crippen molar-refractivity contribution in [3.05, 3.63) is 65.7 Å². The Morgan fingerprint density at radius 3 is 2.36 bits per heavy atom. The lowest BCUT2D eigenvalue weighted by molar-refractivity contribution is 0.306. The van der Waals surface area contributed by atoms with E-state index in [9.17, 15) is 8.42 Å². The first-order chi connectivity index (χ1) is 12.1. The molecule has 0 aliphatic carbocycles. The van der Waals surface area contributed by atoms with Gasteiger partial charge in [0.2, 0.25) is 14.2 Å². The molecule has 1 aromatic heterocycles. The number of methoxy groups -OCH3 is 1. The van der Waals surface area contributed by atoms with Crippen molar-refractivity contribution in [3.8, 4) is 11.8 Å². The maximum Gasteiger partial charge on any atom is 0.329 e. The number of benzene rings is 2. The second-order valence-electron chi connectivity index (χ2n) is 5.22. The molecule has 0 radical (unpaired) electrons. The van der Waals surface area contributed by atoms with E-state index in [0.717, 1.165) is 17.1 Å². The van der Waals surface area contributed by atoms with Gasteiger partial charge in [0.25, 0.3) is 0 Å². The third-order valence-corrected chi connectivity index (χ3v) is 6.18. The molecule has 1 heterocycles. The molecule has 3 rings (SSSR count). The predicted molar refractivity (Wildman–Crippen MR) is 94.6 cm³/mol. The number of rotatable bonds is 7. The Hall–Kier alpha value is -2.45. The smallest absolute Gasteiger partial charge is 0.329 e. The molecule has 0 atom stereocenters. The summed E-state index contributed by atoms with van der Waals surface area (Å²) in [5.74, 6) is 0.534. The molecule has 130 valence electrons. The highest BCUT2D eigenvalue weighted by Gasteiger charge is 2.21. The van der Waals surface area contributed by atoms with Gasteiger partial charge in [-0.25, -0.2) is 8.42 Å². The summed E-state index contributed by atoms with van der Waals surface area (Å²) in [7, 11) is -2.15. The molecule has 8 heteroatoms. The normalized spacial score (nSPS) is 11.2. The van der Waals surface area contributed by atoms with E-state index >= 15 is 0 Å². The second-order valence-corrected chi connectivity index (χ2v) is 8.14. The van der Waals surface area contributed by atoms with Crippen molar-refractivity contribution in [2.24, 2.45) is 0 Å². The quantitative estimate of drug-likeness (QED) is 0.630. The van der Waals surface area contributed by atoms with Crippen LogP contribution in [-0.2, 0) is 22.2 Å². The zero-order chi connectivity index (χ0) is 17.7. The van der Waals surface area contributed by atoms with Crippen LogP contribution in [0.2, 0.25) is 0 Å². The Labute approximate surface area is 150 Å². The number of sulfone groups is 1. The van der Waals surface area contributed by atoms with E-state index < -0.39 is 9.84 Å². The topological polar surface area (TPSA) is 78.4 Å². The molecular formula is C17H16N2O4S2. The van der Waals surface area contributed by atoms with Gasteiger partial charge in [0, 0.05) is 11.5 Å². The third kappa shape index (κ3) is 4.55. The molecule has 0 bridgehead atoms. The minimum Gasteiger partial charge on any atom is -0.489 e. The maximum absolute atomic E-state index is 12.3. The molecule has 0 spiro atoms. The zero-order valence-corrected chi connectivity index (χ0v) is 15.1. The highest BCUT2D eigenvalue weighted by atomic mass is 32.2. The van der Waals surface area contributed by atoms with Crippen molar-refractivity contribution in [3.63, 3.8) is 0 Å². The van der Waals surface area contributed by atoms with Crippen LogP contribution >= 0.6 is 11.5 Å². The van der Waals surface area contributed by atoms with Gasteiger partial charge in [-0.2, -0.15) is 4.98 Å². The van der Waals surface area contributed by atoms with Gasteiger partial charge in [-0.05, 0) is 23.3 Å². The molecule has 3 aromatic rings. The van der Waals surface area contributed by atoms with E-state index in [-0.39, 0.29) is 16.1 Å². The Morgan fingerprint density at radius 2 is 1.72 bits per heavy atom. The number of ether oxygens (including phenoxy) is 2. The Morgan fingerprint density at radius 1 is 1.00 bits per heavy atom. The molecular weight excluding hydrogens is 360 g/mol. The molecule has 0 aliphatic heterocycles. The van der Waals surface area contributed by atoms with Crippen LogP contribution in [0.1, 0.15) is 11.1 Å². The minimum absolute atomic E-state index is 0.0474. The first kappa shape index (κ1) is 17.4. The average molecular weight is 376 g/mol. The van der Waals surface area contributed by atoms with E-state index in [1.165, 1.54) is 7.11 Å². The van der Waals surface area contributed by atoms with Gasteiger partial charge >= 0.3 is 6.01 Å². The van der Waals surface area contributed by atoms with Crippen molar-refractivity contribution in [1.29, 1.82) is 0 Å². The van der Waals surface area contributed by atoms with Gasteiger partial charge in [-0.15, -0.1) is 4.37 Å². The highest BCUT2D eigenvalue weighted by molar-refractivity contribution is 7.92. The Kier molecular flexibility index (Phi) is 5.30. The summed E-state index contributed by atoms with van der Waals surface area (Å²) in [4.78, 5) is 3.85. The number of aromatic nitrogens is 2. The molecule has 0 N–H and O–H groups in total. The van der Waals surface area contributed by atoms with Crippen LogP contribution in [0.15, 0.2) is 58.9 Å². The minimum atomic E-state index is -3.55. The summed E-state index contributed by atoms with van der Waals surface area (Å²) in [6.45, 7) is 0.461. The van der Waals surface area contributed by atoms with Crippen LogP contribution in [0.3, 0.4) is 0 Å². The van der Waals surface area contributed by atoms with E-state index in [2.05, 4.69) is 9.36 Å². The molecule has 25 heavy (non-hydrogen) atoms. The Balaban J connectivity index is 1.64. The lowest BCUT2D eigenvalue weighted by Gasteiger charge is -2.07. The van der Waals surface area contributed by atoms with Gasteiger partial charge in [0.05, 0.1) is 12.9 Å². The largest absolute Gasteiger partial charge is 0.489 e. The maximum atomic E-state index is 12.3. The van der Waals surface area contributed by atoms with E-state index in [4.69, 9.17) is 9.47 Å². The molecule has 2 aromatic carbocycles. The van der Waals surface area contributed by atoms with Gasteiger partial charge in [0.1, 0.15) is 12.4 Å². The van der Waals surface area contributed by atoms with E-state index in [1.807, 2.05) is 30.3 Å². The number of hydrogen-bond acceptors (Lipinski definition) is 7. The first-order valence-corrected chi connectivity index (χ1v) is 9.85. The summed E-state index contributed by atoms with van der Waals surface area (Å²) in [5, 5.41) is 0. The van der Waals surface area contributed by atoms with Crippen LogP contribution in [0.5, 0.6) is 11.8 Å². The standard InChI is InChI=1S/C17H16N2O4S2/c1-22-16-18-17(24-19-16)25(20,21)12-14-7-9-15(10-8-14)23-11-13-5-3-2-4-6-13/h2-10H,11-12H2,1H3. The molecule has 0 aliphatic rings. The fourth-order valence-corrected chi connectivity index (χ4v) is 4.22. The van der Waals surface area contributed by atoms with Gasteiger partial charge in [-0.3, -0.25) is 0 Å². The summed E-state index contributed by atoms with van der Waals surface area (Å²) in [6.07, 6.45) is 0. The van der Waals surface area contributed by atoms with Crippen molar-refractivity contribution in [2.75, 3.05) is 7.11 Å². The molecule has 0 unspecified atom stereocenters. The monoisotopic (exact) mass is 376 g/mol. The number of hydrogen-bond donors (Lipinski definition) is 0. The van der Waals surface area contributed by atoms with E-state index in [0.29, 0.717) is 17.9 Å². The fraction of sp³-hybridized carbons (Fsp3) is 0.176. The van der Waals surface area contributed by atoms with Crippen LogP contribution in [-0.4, -0.2) is 24.9 Å². The molecule has 0 saturated carbocycles. The summed E-state index contributed by atoms with van der Waals surface area (Å²) >= 11 is 0.810. The van der Waals surface area contributed by atoms with Crippen LogP contribution < -0.4 is 9.47 Å². The van der Waals surface area contributed by atoms with Gasteiger partial charge < -0.3 is 9.47 Å². The number of nitrogens with zero attached hydrogens (tertiary/aromatic N) is 2. The summed E-state index contributed by atoms with van der Waals surface area (Å²) in [6, 6.07) is 16.9. The van der Waals surface area contributed by atoms with Crippen molar-refractivity contribution < 1.29 is 17.9 Å². The Bertz CT molecular complexity index is 923. The molecule has 0 amide bonds. The fourth-order valence-electron chi connectivity index (χ4n) is 2.11. The lowest BCUT2D eigenvalue weighted by Crippen LogP contribution is -2.04. The molecule has 6 nitrogen and oxygen atoms in total. The zero-order valence-electron chi connectivity index (χ0n) is 13.5. The van der Waals surface area contributed by atoms with Crippen LogP contribution in [0, 0.1) is 0 Å². The average Bonchev–Trinajstić information content (AvgIpc) is 3.12. The summed E-state index contributed by atoms with van der Waals surface area (Å²) in [5.41, 5.74) is 1.72. The molecule has 0 saturated heterocycles. The second kappa shape index (κ2) is 7.62. The lowest BCUT2D eigenvalue weighted by atomic mass is 10.2. The predicted octanol–water partition coefficient (Wildman–Crippen LogP) is 3.10. The third-order valence-electron chi connectivity index (χ3n) is 3.37. The van der Waals surface area contributed by atoms with Gasteiger partial charge in [-0.1, -0.05) is 42.5 Å². The van der Waals surface area contributed by atoms with Crippen molar-refractivity contribution >= 4 is 21.4 Å². The highest BCUT2D eigenvalue weighted by Crippen LogP contribution is 2.22. The SMILES string of the molecule is COc1nsc(S(=O)(=O)Cc2ccc(OCc3ccccc3)cc2)n1. The first-order valence-electron chi connectivity index (χ1n) is 7.43. The van der Waals surface area contributed by atoms with Gasteiger partial charge in [0.15, 0.2) is 0 Å². The molecule has 0 fully saturated rings. The van der Waals surface area contributed by atoms with Crippen LogP contribution in [0.25, 0.3) is 0 Å². The van der Waals surface area contributed by atoms with E-state index in [1.54, 1.807) is 24.3 Å².